The molecule has 20 heavy (non-hydrogen) atoms. The van der Waals surface area contributed by atoms with Crippen molar-refractivity contribution in [2.75, 3.05) is 0 Å². The van der Waals surface area contributed by atoms with E-state index < -0.39 is 11.6 Å². The van der Waals surface area contributed by atoms with Crippen LogP contribution in [-0.2, 0) is 5.75 Å². The van der Waals surface area contributed by atoms with Gasteiger partial charge in [0.25, 0.3) is 5.56 Å². The van der Waals surface area contributed by atoms with Crippen LogP contribution in [0, 0.1) is 11.6 Å². The Bertz CT molecular complexity index is 829. The van der Waals surface area contributed by atoms with E-state index in [0.717, 1.165) is 12.1 Å². The van der Waals surface area contributed by atoms with E-state index in [2.05, 4.69) is 4.98 Å². The number of aromatic nitrogens is 2. The Hall–Kier alpha value is -1.73. The third-order valence-corrected chi connectivity index (χ3v) is 4.42. The van der Waals surface area contributed by atoms with Crippen molar-refractivity contribution in [3.63, 3.8) is 0 Å². The lowest BCUT2D eigenvalue weighted by atomic mass is 10.3. The fraction of sp³-hybridized carbons (Fsp3) is 0.0769. The van der Waals surface area contributed by atoms with Gasteiger partial charge in [0.05, 0.1) is 5.69 Å². The third kappa shape index (κ3) is 2.59. The Kier molecular flexibility index (Phi) is 3.54. The maximum atomic E-state index is 13.1. The summed E-state index contributed by atoms with van der Waals surface area (Å²) < 4.78 is 27.4. The predicted molar refractivity (Wildman–Crippen MR) is 75.3 cm³/mol. The maximum Gasteiger partial charge on any atom is 0.258 e. The van der Waals surface area contributed by atoms with Gasteiger partial charge in [0.15, 0.2) is 16.6 Å². The molecule has 0 saturated carbocycles. The molecule has 3 aromatic rings. The molecule has 0 saturated heterocycles. The zero-order valence-corrected chi connectivity index (χ0v) is 11.7. The summed E-state index contributed by atoms with van der Waals surface area (Å²) in [6.07, 6.45) is 1.67. The van der Waals surface area contributed by atoms with Crippen molar-refractivity contribution in [3.8, 4) is 0 Å². The van der Waals surface area contributed by atoms with Gasteiger partial charge in [-0.25, -0.2) is 13.8 Å². The highest BCUT2D eigenvalue weighted by molar-refractivity contribution is 7.98. The molecule has 0 radical (unpaired) electrons. The first kappa shape index (κ1) is 13.3. The number of halogens is 2. The summed E-state index contributed by atoms with van der Waals surface area (Å²) in [6.45, 7) is 0. The Balaban J connectivity index is 1.82. The molecule has 3 nitrogen and oxygen atoms in total. The molecular formula is C13H8F2N2OS2. The molecule has 3 rings (SSSR count). The molecule has 1 aromatic carbocycles. The molecule has 0 fully saturated rings. The molecule has 2 heterocycles. The molecule has 0 aliphatic rings. The number of nitrogens with zero attached hydrogens (tertiary/aromatic N) is 2. The van der Waals surface area contributed by atoms with Crippen LogP contribution in [0.1, 0.15) is 5.69 Å². The van der Waals surface area contributed by atoms with Gasteiger partial charge in [0, 0.05) is 28.3 Å². The van der Waals surface area contributed by atoms with E-state index in [1.807, 2.05) is 0 Å². The summed E-state index contributed by atoms with van der Waals surface area (Å²) in [5, 5.41) is 1.79. The van der Waals surface area contributed by atoms with Gasteiger partial charge in [-0.05, 0) is 18.2 Å². The van der Waals surface area contributed by atoms with Gasteiger partial charge >= 0.3 is 0 Å². The third-order valence-electron chi connectivity index (χ3n) is 2.63. The van der Waals surface area contributed by atoms with Crippen molar-refractivity contribution < 1.29 is 8.78 Å². The highest BCUT2D eigenvalue weighted by Gasteiger charge is 2.06. The van der Waals surface area contributed by atoms with Gasteiger partial charge in [0.1, 0.15) is 0 Å². The van der Waals surface area contributed by atoms with E-state index in [1.165, 1.54) is 39.6 Å². The predicted octanol–water partition coefficient (Wildman–Crippen LogP) is 3.33. The fourth-order valence-electron chi connectivity index (χ4n) is 1.69. The van der Waals surface area contributed by atoms with Crippen molar-refractivity contribution in [1.82, 2.24) is 9.38 Å². The number of thioether (sulfide) groups is 1. The second-order valence-electron chi connectivity index (χ2n) is 4.01. The lowest BCUT2D eigenvalue weighted by molar-refractivity contribution is 0.506. The van der Waals surface area contributed by atoms with Gasteiger partial charge in [0.2, 0.25) is 0 Å². The van der Waals surface area contributed by atoms with Crippen molar-refractivity contribution in [3.05, 3.63) is 63.5 Å². The highest BCUT2D eigenvalue weighted by atomic mass is 32.2. The van der Waals surface area contributed by atoms with Crippen molar-refractivity contribution >= 4 is 28.1 Å². The SMILES string of the molecule is O=c1cc(CSc2ccc(F)c(F)c2)nc2sccn12. The van der Waals surface area contributed by atoms with E-state index in [0.29, 0.717) is 21.3 Å². The summed E-state index contributed by atoms with van der Waals surface area (Å²) in [5.74, 6) is -1.32. The minimum absolute atomic E-state index is 0.142. The molecule has 0 spiro atoms. The molecule has 0 aliphatic carbocycles. The van der Waals surface area contributed by atoms with Gasteiger partial charge in [-0.1, -0.05) is 0 Å². The first-order chi connectivity index (χ1) is 9.63. The number of hydrogen-bond donors (Lipinski definition) is 0. The largest absolute Gasteiger partial charge is 0.269 e. The summed E-state index contributed by atoms with van der Waals surface area (Å²) >= 11 is 2.68. The molecule has 2 aromatic heterocycles. The van der Waals surface area contributed by atoms with Crippen LogP contribution in [0.4, 0.5) is 8.78 Å². The maximum absolute atomic E-state index is 13.1. The first-order valence-electron chi connectivity index (χ1n) is 5.67. The number of benzene rings is 1. The Labute approximate surface area is 120 Å². The summed E-state index contributed by atoms with van der Waals surface area (Å²) in [5.41, 5.74) is 0.476. The van der Waals surface area contributed by atoms with E-state index in [4.69, 9.17) is 0 Å². The van der Waals surface area contributed by atoms with E-state index in [1.54, 1.807) is 11.6 Å². The Morgan fingerprint density at radius 1 is 1.25 bits per heavy atom. The molecule has 0 atom stereocenters. The minimum Gasteiger partial charge on any atom is -0.269 e. The van der Waals surface area contributed by atoms with Crippen LogP contribution in [0.2, 0.25) is 0 Å². The first-order valence-corrected chi connectivity index (χ1v) is 7.53. The van der Waals surface area contributed by atoms with Crippen LogP contribution < -0.4 is 5.56 Å². The molecule has 0 unspecified atom stereocenters. The van der Waals surface area contributed by atoms with E-state index in [9.17, 15) is 13.6 Å². The van der Waals surface area contributed by atoms with E-state index >= 15 is 0 Å². The molecule has 7 heteroatoms. The van der Waals surface area contributed by atoms with E-state index in [-0.39, 0.29) is 5.56 Å². The fourth-order valence-corrected chi connectivity index (χ4v) is 3.24. The van der Waals surface area contributed by atoms with Crippen LogP contribution in [0.15, 0.2) is 45.5 Å². The topological polar surface area (TPSA) is 34.4 Å². The van der Waals surface area contributed by atoms with Crippen LogP contribution in [0.25, 0.3) is 4.96 Å². The molecule has 0 bridgehead atoms. The molecule has 0 aliphatic heterocycles. The molecule has 0 N–H and O–H groups in total. The smallest absolute Gasteiger partial charge is 0.258 e. The minimum atomic E-state index is -0.878. The van der Waals surface area contributed by atoms with Gasteiger partial charge < -0.3 is 0 Å². The van der Waals surface area contributed by atoms with Gasteiger partial charge in [-0.3, -0.25) is 9.20 Å². The number of hydrogen-bond acceptors (Lipinski definition) is 4. The lowest BCUT2D eigenvalue weighted by Gasteiger charge is -2.02. The average Bonchev–Trinajstić information content (AvgIpc) is 2.89. The zero-order chi connectivity index (χ0) is 14.1. The summed E-state index contributed by atoms with van der Waals surface area (Å²) in [4.78, 5) is 17.3. The van der Waals surface area contributed by atoms with Crippen LogP contribution in [0.3, 0.4) is 0 Å². The molecule has 0 amide bonds. The number of rotatable bonds is 3. The van der Waals surface area contributed by atoms with Crippen LogP contribution >= 0.6 is 23.1 Å². The molecular weight excluding hydrogens is 302 g/mol. The lowest BCUT2D eigenvalue weighted by Crippen LogP contribution is -2.12. The second kappa shape index (κ2) is 5.34. The Morgan fingerprint density at radius 2 is 2.10 bits per heavy atom. The standard InChI is InChI=1S/C13H8F2N2OS2/c14-10-2-1-9(6-11(10)15)20-7-8-5-12(18)17-3-4-19-13(17)16-8/h1-6H,7H2. The molecule has 102 valence electrons. The quantitative estimate of drug-likeness (QED) is 0.696. The monoisotopic (exact) mass is 310 g/mol. The van der Waals surface area contributed by atoms with Crippen molar-refractivity contribution in [1.29, 1.82) is 0 Å². The summed E-state index contributed by atoms with van der Waals surface area (Å²) in [6, 6.07) is 5.17. The van der Waals surface area contributed by atoms with Crippen molar-refractivity contribution in [2.24, 2.45) is 0 Å². The number of fused-ring (bicyclic) bond motifs is 1. The normalized spacial score (nSPS) is 11.1. The zero-order valence-electron chi connectivity index (χ0n) is 10.0. The Morgan fingerprint density at radius 3 is 2.90 bits per heavy atom. The number of thiazole rings is 1. The van der Waals surface area contributed by atoms with Crippen molar-refractivity contribution in [2.45, 2.75) is 10.6 Å². The van der Waals surface area contributed by atoms with Crippen LogP contribution in [0.5, 0.6) is 0 Å². The van der Waals surface area contributed by atoms with Gasteiger partial charge in [-0.2, -0.15) is 0 Å². The van der Waals surface area contributed by atoms with Gasteiger partial charge in [-0.15, -0.1) is 23.1 Å². The highest BCUT2D eigenvalue weighted by Crippen LogP contribution is 2.23. The van der Waals surface area contributed by atoms with Crippen LogP contribution in [-0.4, -0.2) is 9.38 Å². The summed E-state index contributed by atoms with van der Waals surface area (Å²) in [7, 11) is 0. The second-order valence-corrected chi connectivity index (χ2v) is 5.93. The average molecular weight is 310 g/mol.